The third kappa shape index (κ3) is 3.26. The van der Waals surface area contributed by atoms with Crippen LogP contribution in [0.15, 0.2) is 28.7 Å². The number of nitrogens with zero attached hydrogens (tertiary/aromatic N) is 1. The number of ether oxygens (including phenoxy) is 1. The molecule has 1 aliphatic carbocycles. The fourth-order valence-electron chi connectivity index (χ4n) is 4.70. The molecule has 2 heterocycles. The number of hydrogen-bond donors (Lipinski definition) is 1. The van der Waals surface area contributed by atoms with Crippen molar-refractivity contribution in [1.82, 2.24) is 4.90 Å². The first kappa shape index (κ1) is 15.5. The minimum Gasteiger partial charge on any atom is -0.446 e. The molecule has 1 aromatic carbocycles. The van der Waals surface area contributed by atoms with Crippen LogP contribution in [0, 0.1) is 11.8 Å². The second kappa shape index (κ2) is 6.44. The molecule has 5 heteroatoms. The monoisotopic (exact) mass is 378 g/mol. The van der Waals surface area contributed by atoms with Gasteiger partial charge >= 0.3 is 6.09 Å². The van der Waals surface area contributed by atoms with Crippen molar-refractivity contribution in [3.8, 4) is 0 Å². The van der Waals surface area contributed by atoms with Crippen LogP contribution in [0.5, 0.6) is 0 Å². The first-order valence-corrected chi connectivity index (χ1v) is 9.45. The Morgan fingerprint density at radius 1 is 1.22 bits per heavy atom. The molecule has 4 nitrogen and oxygen atoms in total. The van der Waals surface area contributed by atoms with E-state index in [4.69, 9.17) is 4.74 Å². The summed E-state index contributed by atoms with van der Waals surface area (Å²) < 4.78 is 6.82. The number of carbonyl (C=O) groups is 1. The lowest BCUT2D eigenvalue weighted by atomic mass is 9.84. The largest absolute Gasteiger partial charge is 0.446 e. The van der Waals surface area contributed by atoms with Gasteiger partial charge in [-0.2, -0.15) is 0 Å². The normalized spacial score (nSPS) is 33.1. The van der Waals surface area contributed by atoms with Crippen molar-refractivity contribution in [3.63, 3.8) is 0 Å². The Bertz CT molecular complexity index is 577. The van der Waals surface area contributed by atoms with E-state index in [0.29, 0.717) is 17.9 Å². The van der Waals surface area contributed by atoms with Gasteiger partial charge in [-0.3, -0.25) is 10.2 Å². The number of piperidine rings is 2. The number of fused-ring (bicyclic) bond motifs is 4. The highest BCUT2D eigenvalue weighted by atomic mass is 79.9. The van der Waals surface area contributed by atoms with E-state index in [1.165, 1.54) is 38.8 Å². The van der Waals surface area contributed by atoms with Crippen molar-refractivity contribution in [1.29, 1.82) is 0 Å². The number of amides is 1. The van der Waals surface area contributed by atoms with Crippen molar-refractivity contribution in [2.75, 3.05) is 18.4 Å². The van der Waals surface area contributed by atoms with Gasteiger partial charge < -0.3 is 4.74 Å². The second-order valence-electron chi connectivity index (χ2n) is 7.14. The third-order valence-electron chi connectivity index (χ3n) is 5.65. The number of anilines is 1. The fourth-order valence-corrected chi connectivity index (χ4v) is 4.97. The standard InChI is InChI=1S/C18H23BrN2O2/c19-13-4-6-14(7-5-13)20-18(22)23-17-10-12-9-15(17)16-3-1-2-8-21(16)11-12/h4-7,12,15-17H,1-3,8-11H2,(H,20,22)/t12-,15-,16-,17-/m1/s1. The lowest BCUT2D eigenvalue weighted by Crippen LogP contribution is -2.49. The van der Waals surface area contributed by atoms with Gasteiger partial charge in [0.1, 0.15) is 6.10 Å². The Balaban J connectivity index is 1.38. The van der Waals surface area contributed by atoms with Crippen LogP contribution in [0.25, 0.3) is 0 Å². The maximum Gasteiger partial charge on any atom is 0.411 e. The highest BCUT2D eigenvalue weighted by Crippen LogP contribution is 2.45. The number of carbonyl (C=O) groups excluding carboxylic acids is 1. The summed E-state index contributed by atoms with van der Waals surface area (Å²) in [7, 11) is 0. The van der Waals surface area contributed by atoms with Crippen molar-refractivity contribution >= 4 is 27.7 Å². The van der Waals surface area contributed by atoms with Crippen LogP contribution in [0.2, 0.25) is 0 Å². The van der Waals surface area contributed by atoms with Crippen LogP contribution in [0.4, 0.5) is 10.5 Å². The van der Waals surface area contributed by atoms with Crippen molar-refractivity contribution in [3.05, 3.63) is 28.7 Å². The van der Waals surface area contributed by atoms with Crippen LogP contribution >= 0.6 is 15.9 Å². The molecule has 1 amide bonds. The predicted molar refractivity (Wildman–Crippen MR) is 93.5 cm³/mol. The molecule has 0 radical (unpaired) electrons. The molecule has 0 aromatic heterocycles. The first-order chi connectivity index (χ1) is 11.2. The van der Waals surface area contributed by atoms with E-state index < -0.39 is 0 Å². The zero-order valence-corrected chi connectivity index (χ0v) is 14.8. The zero-order chi connectivity index (χ0) is 15.8. The van der Waals surface area contributed by atoms with Crippen molar-refractivity contribution in [2.24, 2.45) is 11.8 Å². The molecule has 124 valence electrons. The van der Waals surface area contributed by atoms with E-state index in [1.54, 1.807) is 0 Å². The molecule has 0 unspecified atom stereocenters. The lowest BCUT2D eigenvalue weighted by molar-refractivity contribution is 0.0181. The van der Waals surface area contributed by atoms with Crippen molar-refractivity contribution in [2.45, 2.75) is 44.2 Å². The molecule has 0 spiro atoms. The van der Waals surface area contributed by atoms with Crippen LogP contribution in [-0.2, 0) is 4.74 Å². The number of benzene rings is 1. The number of rotatable bonds is 2. The SMILES string of the molecule is O=C(Nc1ccc(Br)cc1)O[C@@H]1C[C@H]2C[C@@H]1[C@H]1CCCCN1C2. The van der Waals surface area contributed by atoms with Gasteiger partial charge in [0.15, 0.2) is 0 Å². The molecule has 2 saturated heterocycles. The molecular weight excluding hydrogens is 356 g/mol. The molecule has 3 fully saturated rings. The summed E-state index contributed by atoms with van der Waals surface area (Å²) in [6, 6.07) is 8.21. The topological polar surface area (TPSA) is 41.6 Å². The predicted octanol–water partition coefficient (Wildman–Crippen LogP) is 4.26. The van der Waals surface area contributed by atoms with Gasteiger partial charge in [-0.25, -0.2) is 4.79 Å². The summed E-state index contributed by atoms with van der Waals surface area (Å²) in [5.41, 5.74) is 0.776. The summed E-state index contributed by atoms with van der Waals surface area (Å²) in [5, 5.41) is 2.85. The number of halogens is 1. The minimum atomic E-state index is -0.313. The van der Waals surface area contributed by atoms with Gasteiger partial charge in [0, 0.05) is 28.7 Å². The summed E-state index contributed by atoms with van der Waals surface area (Å²) in [6.45, 7) is 2.44. The average Bonchev–Trinajstić information content (AvgIpc) is 2.86. The van der Waals surface area contributed by atoms with Gasteiger partial charge in [-0.1, -0.05) is 22.4 Å². The maximum absolute atomic E-state index is 12.2. The summed E-state index contributed by atoms with van der Waals surface area (Å²) in [5.74, 6) is 1.24. The lowest BCUT2D eigenvalue weighted by Gasteiger charge is -2.43. The highest BCUT2D eigenvalue weighted by molar-refractivity contribution is 9.10. The van der Waals surface area contributed by atoms with E-state index in [2.05, 4.69) is 26.1 Å². The Morgan fingerprint density at radius 3 is 2.87 bits per heavy atom. The molecular formula is C18H23BrN2O2. The average molecular weight is 379 g/mol. The van der Waals surface area contributed by atoms with E-state index in [-0.39, 0.29) is 12.2 Å². The molecule has 23 heavy (non-hydrogen) atoms. The Hall–Kier alpha value is -1.07. The number of nitrogens with one attached hydrogen (secondary N) is 1. The summed E-state index contributed by atoms with van der Waals surface area (Å²) in [4.78, 5) is 14.9. The third-order valence-corrected chi connectivity index (χ3v) is 6.18. The van der Waals surface area contributed by atoms with E-state index >= 15 is 0 Å². The maximum atomic E-state index is 12.2. The van der Waals surface area contributed by atoms with Gasteiger partial charge in [-0.15, -0.1) is 0 Å². The first-order valence-electron chi connectivity index (χ1n) is 8.66. The molecule has 2 bridgehead atoms. The van der Waals surface area contributed by atoms with Gasteiger partial charge in [-0.05, 0) is 62.4 Å². The van der Waals surface area contributed by atoms with E-state index in [1.807, 2.05) is 24.3 Å². The van der Waals surface area contributed by atoms with Crippen LogP contribution in [0.1, 0.15) is 32.1 Å². The number of hydrogen-bond acceptors (Lipinski definition) is 3. The quantitative estimate of drug-likeness (QED) is 0.835. The fraction of sp³-hybridized carbons (Fsp3) is 0.611. The molecule has 2 aliphatic heterocycles. The smallest absolute Gasteiger partial charge is 0.411 e. The molecule has 1 saturated carbocycles. The molecule has 1 aromatic rings. The zero-order valence-electron chi connectivity index (χ0n) is 13.2. The second-order valence-corrected chi connectivity index (χ2v) is 8.05. The van der Waals surface area contributed by atoms with Gasteiger partial charge in [0.2, 0.25) is 0 Å². The van der Waals surface area contributed by atoms with Crippen LogP contribution in [-0.4, -0.2) is 36.2 Å². The molecule has 3 aliphatic rings. The van der Waals surface area contributed by atoms with Gasteiger partial charge in [0.25, 0.3) is 0 Å². The molecule has 1 N–H and O–H groups in total. The minimum absolute atomic E-state index is 0.0866. The van der Waals surface area contributed by atoms with E-state index in [0.717, 1.165) is 16.6 Å². The summed E-state index contributed by atoms with van der Waals surface area (Å²) in [6.07, 6.45) is 5.95. The van der Waals surface area contributed by atoms with Crippen LogP contribution in [0.3, 0.4) is 0 Å². The van der Waals surface area contributed by atoms with Crippen molar-refractivity contribution < 1.29 is 9.53 Å². The summed E-state index contributed by atoms with van der Waals surface area (Å²) >= 11 is 3.40. The Morgan fingerprint density at radius 2 is 2.04 bits per heavy atom. The van der Waals surface area contributed by atoms with Gasteiger partial charge in [0.05, 0.1) is 0 Å². The molecule has 4 atom stereocenters. The highest BCUT2D eigenvalue weighted by Gasteiger charge is 2.48. The Kier molecular flexibility index (Phi) is 4.33. The molecule has 4 rings (SSSR count). The van der Waals surface area contributed by atoms with E-state index in [9.17, 15) is 4.79 Å². The van der Waals surface area contributed by atoms with Crippen LogP contribution < -0.4 is 5.32 Å². The Labute approximate surface area is 145 Å².